The number of morpholine rings is 1. The molecule has 0 amide bonds. The minimum atomic E-state index is 0.0494. The van der Waals surface area contributed by atoms with Gasteiger partial charge in [0.2, 0.25) is 0 Å². The Morgan fingerprint density at radius 3 is 3.18 bits per heavy atom. The van der Waals surface area contributed by atoms with Crippen molar-refractivity contribution in [3.63, 3.8) is 0 Å². The molecule has 17 heavy (non-hydrogen) atoms. The molecule has 1 aliphatic rings. The van der Waals surface area contributed by atoms with E-state index in [4.69, 9.17) is 10.5 Å². The predicted octanol–water partition coefficient (Wildman–Crippen LogP) is 0.241. The highest BCUT2D eigenvalue weighted by atomic mass is 16.5. The Kier molecular flexibility index (Phi) is 3.96. The maximum Gasteiger partial charge on any atom is 0.147 e. The third kappa shape index (κ3) is 2.76. The van der Waals surface area contributed by atoms with Gasteiger partial charge in [0, 0.05) is 25.7 Å². The van der Waals surface area contributed by atoms with Crippen LogP contribution in [0.1, 0.15) is 20.3 Å². The zero-order chi connectivity index (χ0) is 12.3. The summed E-state index contributed by atoms with van der Waals surface area (Å²) in [5.41, 5.74) is 5.89. The van der Waals surface area contributed by atoms with Crippen molar-refractivity contribution >= 4 is 5.82 Å². The smallest absolute Gasteiger partial charge is 0.147 e. The first-order chi connectivity index (χ1) is 8.22. The number of aromatic nitrogens is 3. The second-order valence-corrected chi connectivity index (χ2v) is 4.53. The summed E-state index contributed by atoms with van der Waals surface area (Å²) in [5, 5.41) is 8.09. The number of nitrogens with two attached hydrogens (primary N) is 1. The average Bonchev–Trinajstić information content (AvgIpc) is 2.78. The Bertz CT molecular complexity index is 351. The van der Waals surface area contributed by atoms with E-state index in [9.17, 15) is 0 Å². The number of anilines is 1. The lowest BCUT2D eigenvalue weighted by Crippen LogP contribution is -2.50. The molecule has 2 rings (SSSR count). The molecule has 1 aromatic heterocycles. The summed E-state index contributed by atoms with van der Waals surface area (Å²) in [7, 11) is 0. The highest BCUT2D eigenvalue weighted by Crippen LogP contribution is 2.17. The van der Waals surface area contributed by atoms with Crippen molar-refractivity contribution in [3.05, 3.63) is 6.20 Å². The van der Waals surface area contributed by atoms with Gasteiger partial charge in [0.15, 0.2) is 0 Å². The summed E-state index contributed by atoms with van der Waals surface area (Å²) in [6, 6.07) is 0.0494. The van der Waals surface area contributed by atoms with E-state index in [1.54, 1.807) is 0 Å². The van der Waals surface area contributed by atoms with Crippen LogP contribution >= 0.6 is 0 Å². The maximum atomic E-state index is 5.89. The SMILES string of the molecule is CCCn1nncc1N1CCOC(C(C)N)C1. The number of nitrogens with zero attached hydrogens (tertiary/aromatic N) is 4. The zero-order valence-corrected chi connectivity index (χ0v) is 10.5. The summed E-state index contributed by atoms with van der Waals surface area (Å²) >= 11 is 0. The molecule has 2 atom stereocenters. The first kappa shape index (κ1) is 12.3. The molecule has 2 unspecified atom stereocenters. The van der Waals surface area contributed by atoms with Crippen molar-refractivity contribution in [2.45, 2.75) is 39.0 Å². The van der Waals surface area contributed by atoms with Crippen molar-refractivity contribution in [2.75, 3.05) is 24.6 Å². The van der Waals surface area contributed by atoms with Gasteiger partial charge >= 0.3 is 0 Å². The molecule has 0 radical (unpaired) electrons. The second kappa shape index (κ2) is 5.46. The van der Waals surface area contributed by atoms with E-state index in [-0.39, 0.29) is 12.1 Å². The lowest BCUT2D eigenvalue weighted by Gasteiger charge is -2.35. The molecule has 6 heteroatoms. The molecule has 0 aromatic carbocycles. The van der Waals surface area contributed by atoms with Crippen LogP contribution in [0, 0.1) is 0 Å². The monoisotopic (exact) mass is 239 g/mol. The first-order valence-corrected chi connectivity index (χ1v) is 6.23. The lowest BCUT2D eigenvalue weighted by atomic mass is 10.1. The topological polar surface area (TPSA) is 69.2 Å². The number of ether oxygens (including phenoxy) is 1. The fraction of sp³-hybridized carbons (Fsp3) is 0.818. The number of hydrogen-bond acceptors (Lipinski definition) is 5. The molecule has 1 aliphatic heterocycles. The Morgan fingerprint density at radius 1 is 1.65 bits per heavy atom. The zero-order valence-electron chi connectivity index (χ0n) is 10.5. The molecule has 1 saturated heterocycles. The van der Waals surface area contributed by atoms with E-state index in [1.165, 1.54) is 0 Å². The highest BCUT2D eigenvalue weighted by Gasteiger charge is 2.25. The van der Waals surface area contributed by atoms with E-state index in [1.807, 2.05) is 17.8 Å². The van der Waals surface area contributed by atoms with Gasteiger partial charge in [-0.3, -0.25) is 0 Å². The van der Waals surface area contributed by atoms with Crippen molar-refractivity contribution in [1.29, 1.82) is 0 Å². The van der Waals surface area contributed by atoms with Gasteiger partial charge in [0.05, 0.1) is 18.9 Å². The van der Waals surface area contributed by atoms with Crippen LogP contribution in [0.2, 0.25) is 0 Å². The second-order valence-electron chi connectivity index (χ2n) is 4.53. The van der Waals surface area contributed by atoms with Gasteiger partial charge in [-0.25, -0.2) is 4.68 Å². The van der Waals surface area contributed by atoms with Crippen molar-refractivity contribution in [1.82, 2.24) is 15.0 Å². The molecule has 2 N–H and O–H groups in total. The van der Waals surface area contributed by atoms with Gasteiger partial charge < -0.3 is 15.4 Å². The van der Waals surface area contributed by atoms with Gasteiger partial charge in [0.1, 0.15) is 5.82 Å². The van der Waals surface area contributed by atoms with E-state index < -0.39 is 0 Å². The van der Waals surface area contributed by atoms with Crippen LogP contribution in [0.25, 0.3) is 0 Å². The third-order valence-electron chi connectivity index (χ3n) is 3.04. The quantitative estimate of drug-likeness (QED) is 0.815. The highest BCUT2D eigenvalue weighted by molar-refractivity contribution is 5.36. The van der Waals surface area contributed by atoms with E-state index >= 15 is 0 Å². The van der Waals surface area contributed by atoms with Crippen molar-refractivity contribution in [2.24, 2.45) is 5.73 Å². The fourth-order valence-electron chi connectivity index (χ4n) is 2.07. The summed E-state index contributed by atoms with van der Waals surface area (Å²) < 4.78 is 7.60. The van der Waals surface area contributed by atoms with Crippen molar-refractivity contribution in [3.8, 4) is 0 Å². The fourth-order valence-corrected chi connectivity index (χ4v) is 2.07. The normalized spacial score (nSPS) is 22.8. The van der Waals surface area contributed by atoms with Crippen molar-refractivity contribution < 1.29 is 4.74 Å². The number of aryl methyl sites for hydroxylation is 1. The van der Waals surface area contributed by atoms with Gasteiger partial charge in [-0.2, -0.15) is 0 Å². The third-order valence-corrected chi connectivity index (χ3v) is 3.04. The van der Waals surface area contributed by atoms with Crippen LogP contribution in [-0.2, 0) is 11.3 Å². The molecule has 0 bridgehead atoms. The Morgan fingerprint density at radius 2 is 2.47 bits per heavy atom. The van der Waals surface area contributed by atoms with E-state index in [0.29, 0.717) is 6.61 Å². The van der Waals surface area contributed by atoms with Gasteiger partial charge in [0.25, 0.3) is 0 Å². The van der Waals surface area contributed by atoms with Crippen LogP contribution < -0.4 is 10.6 Å². The van der Waals surface area contributed by atoms with Gasteiger partial charge in [-0.15, -0.1) is 5.10 Å². The molecule has 2 heterocycles. The molecule has 1 aromatic rings. The van der Waals surface area contributed by atoms with Gasteiger partial charge in [-0.05, 0) is 13.3 Å². The minimum Gasteiger partial charge on any atom is -0.373 e. The Hall–Kier alpha value is -1.14. The Balaban J connectivity index is 2.08. The van der Waals surface area contributed by atoms with E-state index in [2.05, 4.69) is 22.1 Å². The molecule has 6 nitrogen and oxygen atoms in total. The summed E-state index contributed by atoms with van der Waals surface area (Å²) in [6.45, 7) is 7.42. The summed E-state index contributed by atoms with van der Waals surface area (Å²) in [6.07, 6.45) is 2.96. The maximum absolute atomic E-state index is 5.89. The average molecular weight is 239 g/mol. The molecule has 0 spiro atoms. The standard InChI is InChI=1S/C11H21N5O/c1-3-4-16-11(7-13-14-16)15-5-6-17-10(8-15)9(2)12/h7,9-10H,3-6,8,12H2,1-2H3. The van der Waals surface area contributed by atoms with Crippen LogP contribution in [-0.4, -0.2) is 46.8 Å². The molecule has 0 saturated carbocycles. The lowest BCUT2D eigenvalue weighted by molar-refractivity contribution is 0.0271. The molecular formula is C11H21N5O. The molecular weight excluding hydrogens is 218 g/mol. The number of rotatable bonds is 4. The van der Waals surface area contributed by atoms with Gasteiger partial charge in [-0.1, -0.05) is 12.1 Å². The Labute approximate surface area is 102 Å². The summed E-state index contributed by atoms with van der Waals surface area (Å²) in [4.78, 5) is 2.26. The van der Waals surface area contributed by atoms with Crippen LogP contribution in [0.15, 0.2) is 6.20 Å². The van der Waals surface area contributed by atoms with Crippen LogP contribution in [0.4, 0.5) is 5.82 Å². The van der Waals surface area contributed by atoms with Crippen LogP contribution in [0.5, 0.6) is 0 Å². The minimum absolute atomic E-state index is 0.0494. The number of hydrogen-bond donors (Lipinski definition) is 1. The molecule has 1 fully saturated rings. The predicted molar refractivity (Wildman–Crippen MR) is 65.9 cm³/mol. The molecule has 0 aliphatic carbocycles. The first-order valence-electron chi connectivity index (χ1n) is 6.23. The van der Waals surface area contributed by atoms with E-state index in [0.717, 1.165) is 31.9 Å². The van der Waals surface area contributed by atoms with Crippen LogP contribution in [0.3, 0.4) is 0 Å². The summed E-state index contributed by atoms with van der Waals surface area (Å²) in [5.74, 6) is 1.07. The largest absolute Gasteiger partial charge is 0.373 e. The molecule has 96 valence electrons.